The monoisotopic (exact) mass is 384 g/mol. The number of ether oxygens (including phenoxy) is 2. The van der Waals surface area contributed by atoms with E-state index < -0.39 is 18.0 Å². The molecule has 0 saturated carbocycles. The van der Waals surface area contributed by atoms with Crippen LogP contribution in [0.4, 0.5) is 0 Å². The molecule has 3 heterocycles. The van der Waals surface area contributed by atoms with Crippen LogP contribution >= 0.6 is 0 Å². The Balaban J connectivity index is 1.64. The van der Waals surface area contributed by atoms with Gasteiger partial charge in [-0.05, 0) is 24.5 Å². The van der Waals surface area contributed by atoms with Crippen molar-refractivity contribution in [2.45, 2.75) is 45.3 Å². The van der Waals surface area contributed by atoms with Gasteiger partial charge in [-0.15, -0.1) is 0 Å². The standard InChI is InChI=1S/C21H24N2O5/c1-12(24)27-11-19(28-13(2)25)14-9-18-21-16(7-8-23(18)20(26)10-14)15-5-3-4-6-17(15)22-21/h3-6,14,18-19,22H,7-11H2,1-2H3/t14-,18+,19-/m1/s1. The average molecular weight is 384 g/mol. The molecule has 0 spiro atoms. The molecule has 1 saturated heterocycles. The fourth-order valence-electron chi connectivity index (χ4n) is 4.54. The third kappa shape index (κ3) is 3.37. The summed E-state index contributed by atoms with van der Waals surface area (Å²) < 4.78 is 10.5. The van der Waals surface area contributed by atoms with Gasteiger partial charge >= 0.3 is 11.9 Å². The zero-order valence-electron chi connectivity index (χ0n) is 16.1. The van der Waals surface area contributed by atoms with E-state index in [1.165, 1.54) is 24.8 Å². The quantitative estimate of drug-likeness (QED) is 0.818. The van der Waals surface area contributed by atoms with Gasteiger partial charge in [0.1, 0.15) is 12.7 Å². The molecule has 2 aliphatic rings. The van der Waals surface area contributed by atoms with Crippen molar-refractivity contribution in [3.05, 3.63) is 35.5 Å². The number of aromatic amines is 1. The van der Waals surface area contributed by atoms with Crippen LogP contribution in [0, 0.1) is 5.92 Å². The summed E-state index contributed by atoms with van der Waals surface area (Å²) in [6.07, 6.45) is 1.14. The van der Waals surface area contributed by atoms with Crippen LogP contribution in [0.25, 0.3) is 10.9 Å². The van der Waals surface area contributed by atoms with Crippen molar-refractivity contribution in [1.29, 1.82) is 0 Å². The highest BCUT2D eigenvalue weighted by molar-refractivity contribution is 5.86. The smallest absolute Gasteiger partial charge is 0.303 e. The second-order valence-electron chi connectivity index (χ2n) is 7.57. The molecule has 1 fully saturated rings. The number of nitrogens with zero attached hydrogens (tertiary/aromatic N) is 1. The lowest BCUT2D eigenvalue weighted by Crippen LogP contribution is -2.48. The molecule has 148 valence electrons. The lowest BCUT2D eigenvalue weighted by atomic mass is 9.82. The molecule has 0 unspecified atom stereocenters. The maximum atomic E-state index is 12.9. The van der Waals surface area contributed by atoms with Crippen LogP contribution in [-0.2, 0) is 30.3 Å². The second-order valence-corrected chi connectivity index (χ2v) is 7.57. The fraction of sp³-hybridized carbons (Fsp3) is 0.476. The van der Waals surface area contributed by atoms with Gasteiger partial charge in [-0.2, -0.15) is 0 Å². The number of esters is 2. The second kappa shape index (κ2) is 7.30. The summed E-state index contributed by atoms with van der Waals surface area (Å²) in [4.78, 5) is 41.1. The number of amides is 1. The first kappa shape index (κ1) is 18.5. The van der Waals surface area contributed by atoms with E-state index in [0.717, 1.165) is 17.6 Å². The zero-order chi connectivity index (χ0) is 19.8. The SMILES string of the molecule is CC(=O)OC[C@@H](OC(C)=O)[C@H]1CC(=O)N2CCc3c([nH]c4ccccc34)[C@@H]2C1. The predicted molar refractivity (Wildman–Crippen MR) is 101 cm³/mol. The van der Waals surface area contributed by atoms with Crippen LogP contribution in [-0.4, -0.2) is 47.0 Å². The van der Waals surface area contributed by atoms with Crippen molar-refractivity contribution in [3.8, 4) is 0 Å². The Bertz CT molecular complexity index is 934. The van der Waals surface area contributed by atoms with Crippen LogP contribution in [0.2, 0.25) is 0 Å². The number of nitrogens with one attached hydrogen (secondary N) is 1. The summed E-state index contributed by atoms with van der Waals surface area (Å²) in [6.45, 7) is 3.30. The Morgan fingerprint density at radius 1 is 1.25 bits per heavy atom. The van der Waals surface area contributed by atoms with Crippen LogP contribution in [0.5, 0.6) is 0 Å². The van der Waals surface area contributed by atoms with Gasteiger partial charge in [-0.1, -0.05) is 18.2 Å². The summed E-state index contributed by atoms with van der Waals surface area (Å²) in [5.41, 5.74) is 3.40. The number of fused-ring (bicyclic) bond motifs is 5. The minimum Gasteiger partial charge on any atom is -0.462 e. The van der Waals surface area contributed by atoms with Gasteiger partial charge in [-0.3, -0.25) is 14.4 Å². The van der Waals surface area contributed by atoms with Crippen LogP contribution in [0.1, 0.15) is 44.0 Å². The number of hydrogen-bond donors (Lipinski definition) is 1. The molecule has 7 heteroatoms. The van der Waals surface area contributed by atoms with Crippen molar-refractivity contribution < 1.29 is 23.9 Å². The summed E-state index contributed by atoms with van der Waals surface area (Å²) >= 11 is 0. The highest BCUT2D eigenvalue weighted by Gasteiger charge is 2.42. The highest BCUT2D eigenvalue weighted by atomic mass is 16.6. The van der Waals surface area contributed by atoms with E-state index in [2.05, 4.69) is 11.1 Å². The number of rotatable bonds is 4. The average Bonchev–Trinajstić information content (AvgIpc) is 3.04. The molecule has 2 aromatic rings. The third-order valence-corrected chi connectivity index (χ3v) is 5.74. The van der Waals surface area contributed by atoms with Gasteiger partial charge < -0.3 is 19.4 Å². The number of benzene rings is 1. The largest absolute Gasteiger partial charge is 0.462 e. The van der Waals surface area contributed by atoms with Gasteiger partial charge in [0, 0.05) is 49.3 Å². The number of H-pyrrole nitrogens is 1. The van der Waals surface area contributed by atoms with Crippen molar-refractivity contribution in [2.75, 3.05) is 13.2 Å². The molecule has 0 bridgehead atoms. The molecule has 4 rings (SSSR count). The topological polar surface area (TPSA) is 88.7 Å². The Hall–Kier alpha value is -2.83. The van der Waals surface area contributed by atoms with Gasteiger partial charge in [0.15, 0.2) is 0 Å². The van der Waals surface area contributed by atoms with Gasteiger partial charge in [0.2, 0.25) is 5.91 Å². The van der Waals surface area contributed by atoms with E-state index in [0.29, 0.717) is 13.0 Å². The summed E-state index contributed by atoms with van der Waals surface area (Å²) in [5, 5.41) is 1.20. The van der Waals surface area contributed by atoms with Crippen molar-refractivity contribution in [2.24, 2.45) is 5.92 Å². The zero-order valence-corrected chi connectivity index (χ0v) is 16.1. The lowest BCUT2D eigenvalue weighted by Gasteiger charge is -2.43. The number of hydrogen-bond acceptors (Lipinski definition) is 5. The maximum Gasteiger partial charge on any atom is 0.303 e. The third-order valence-electron chi connectivity index (χ3n) is 5.74. The lowest BCUT2D eigenvalue weighted by molar-refractivity contribution is -0.164. The van der Waals surface area contributed by atoms with E-state index in [1.54, 1.807) is 0 Å². The molecule has 0 aliphatic carbocycles. The summed E-state index contributed by atoms with van der Waals surface area (Å²) in [6, 6.07) is 8.07. The minimum atomic E-state index is -0.623. The molecule has 1 amide bonds. The van der Waals surface area contributed by atoms with Crippen LogP contribution in [0.3, 0.4) is 0 Å². The Labute approximate surface area is 163 Å². The van der Waals surface area contributed by atoms with E-state index in [4.69, 9.17) is 9.47 Å². The predicted octanol–water partition coefficient (Wildman–Crippen LogP) is 2.50. The molecule has 1 aromatic carbocycles. The maximum absolute atomic E-state index is 12.9. The molecule has 3 atom stereocenters. The number of piperidine rings is 1. The van der Waals surface area contributed by atoms with Gasteiger partial charge in [0.05, 0.1) is 6.04 Å². The molecular formula is C21H24N2O5. The summed E-state index contributed by atoms with van der Waals surface area (Å²) in [5.74, 6) is -1.03. The molecule has 1 aromatic heterocycles. The first-order valence-corrected chi connectivity index (χ1v) is 9.63. The molecule has 1 N–H and O–H groups in total. The molecular weight excluding hydrogens is 360 g/mol. The van der Waals surface area contributed by atoms with E-state index in [-0.39, 0.29) is 30.9 Å². The van der Waals surface area contributed by atoms with Gasteiger partial charge in [-0.25, -0.2) is 0 Å². The molecule has 28 heavy (non-hydrogen) atoms. The first-order chi connectivity index (χ1) is 13.4. The van der Waals surface area contributed by atoms with Crippen LogP contribution < -0.4 is 0 Å². The van der Waals surface area contributed by atoms with Gasteiger partial charge in [0.25, 0.3) is 0 Å². The Morgan fingerprint density at radius 2 is 2.04 bits per heavy atom. The van der Waals surface area contributed by atoms with E-state index >= 15 is 0 Å². The first-order valence-electron chi connectivity index (χ1n) is 9.63. The van der Waals surface area contributed by atoms with E-state index in [9.17, 15) is 14.4 Å². The number of aromatic nitrogens is 1. The summed E-state index contributed by atoms with van der Waals surface area (Å²) in [7, 11) is 0. The van der Waals surface area contributed by atoms with Crippen LogP contribution in [0.15, 0.2) is 24.3 Å². The number of carbonyl (C=O) groups is 3. The molecule has 7 nitrogen and oxygen atoms in total. The number of carbonyl (C=O) groups excluding carboxylic acids is 3. The Kier molecular flexibility index (Phi) is 4.83. The highest BCUT2D eigenvalue weighted by Crippen LogP contribution is 2.42. The Morgan fingerprint density at radius 3 is 2.79 bits per heavy atom. The fourth-order valence-corrected chi connectivity index (χ4v) is 4.54. The van der Waals surface area contributed by atoms with Crippen molar-refractivity contribution in [1.82, 2.24) is 9.88 Å². The van der Waals surface area contributed by atoms with Crippen molar-refractivity contribution in [3.63, 3.8) is 0 Å². The number of para-hydroxylation sites is 1. The van der Waals surface area contributed by atoms with Crippen molar-refractivity contribution >= 4 is 28.7 Å². The van der Waals surface area contributed by atoms with E-state index in [1.807, 2.05) is 23.1 Å². The molecule has 2 aliphatic heterocycles. The normalized spacial score (nSPS) is 22.4. The molecule has 0 radical (unpaired) electrons. The minimum absolute atomic E-state index is 0.0286.